The number of ether oxygens (including phenoxy) is 2. The average Bonchev–Trinajstić information content (AvgIpc) is 3.63. The Kier molecular flexibility index (Phi) is 8.85. The first-order valence-electron chi connectivity index (χ1n) is 15.0. The molecule has 2 aliphatic heterocycles. The number of hydrogen-bond donors (Lipinski definition) is 2. The summed E-state index contributed by atoms with van der Waals surface area (Å²) in [7, 11) is 1.67. The topological polar surface area (TPSA) is 88.1 Å². The number of rotatable bonds is 8. The standard InChI is InChI=1S/C34H44N2O5/c1-34(2,3)28-29(35-20-26-19-24(15-16-27(26)40-4)25-17-18-41-21-25)30(22-11-7-5-8-12-22)36(31(28)33(38)39)32(37)23-13-9-6-10-14-23/h5,7-8,11-12,15-17,19,23,28-31,35H,6,9-10,13-14,18,20-21H2,1-4H3,(H,38,39)/t28-,29-,30-,31-/m0/s1. The Bertz CT molecular complexity index is 1260. The zero-order valence-corrected chi connectivity index (χ0v) is 24.8. The Hall–Kier alpha value is -3.16. The first-order valence-corrected chi connectivity index (χ1v) is 15.0. The van der Waals surface area contributed by atoms with E-state index in [9.17, 15) is 14.7 Å². The third-order valence-electron chi connectivity index (χ3n) is 9.15. The van der Waals surface area contributed by atoms with Gasteiger partial charge in [0.2, 0.25) is 5.91 Å². The molecule has 4 atom stereocenters. The molecule has 1 saturated heterocycles. The van der Waals surface area contributed by atoms with Gasteiger partial charge in [-0.1, -0.05) is 82.5 Å². The minimum atomic E-state index is -0.938. The molecule has 2 heterocycles. The zero-order valence-electron chi connectivity index (χ0n) is 24.8. The summed E-state index contributed by atoms with van der Waals surface area (Å²) in [5.41, 5.74) is 3.81. The minimum absolute atomic E-state index is 0.0164. The Morgan fingerprint density at radius 3 is 2.41 bits per heavy atom. The number of carboxylic acids is 1. The quantitative estimate of drug-likeness (QED) is 0.421. The highest BCUT2D eigenvalue weighted by molar-refractivity contribution is 5.87. The Balaban J connectivity index is 1.56. The fourth-order valence-corrected chi connectivity index (χ4v) is 7.22. The number of carboxylic acid groups (broad SMARTS) is 1. The summed E-state index contributed by atoms with van der Waals surface area (Å²) in [5.74, 6) is -0.635. The summed E-state index contributed by atoms with van der Waals surface area (Å²) < 4.78 is 11.3. The summed E-state index contributed by atoms with van der Waals surface area (Å²) in [4.78, 5) is 29.1. The maximum atomic E-state index is 14.3. The number of methoxy groups -OCH3 is 1. The molecule has 2 aromatic rings. The molecule has 2 aromatic carbocycles. The van der Waals surface area contributed by atoms with Crippen molar-refractivity contribution in [2.45, 2.75) is 77.5 Å². The van der Waals surface area contributed by atoms with E-state index in [2.05, 4.69) is 38.2 Å². The van der Waals surface area contributed by atoms with Gasteiger partial charge in [-0.2, -0.15) is 0 Å². The maximum Gasteiger partial charge on any atom is 0.326 e. The molecule has 0 unspecified atom stereocenters. The predicted octanol–water partition coefficient (Wildman–Crippen LogP) is 5.85. The fraction of sp³-hybridized carbons (Fsp3) is 0.529. The molecule has 3 aliphatic rings. The van der Waals surface area contributed by atoms with Crippen LogP contribution in [0.5, 0.6) is 5.75 Å². The van der Waals surface area contributed by atoms with Crippen molar-refractivity contribution in [3.63, 3.8) is 0 Å². The lowest BCUT2D eigenvalue weighted by molar-refractivity contribution is -0.154. The summed E-state index contributed by atoms with van der Waals surface area (Å²) in [5, 5.41) is 14.5. The third kappa shape index (κ3) is 6.07. The van der Waals surface area contributed by atoms with Crippen molar-refractivity contribution in [3.8, 4) is 5.75 Å². The van der Waals surface area contributed by atoms with Crippen LogP contribution in [0.4, 0.5) is 0 Å². The van der Waals surface area contributed by atoms with Crippen LogP contribution < -0.4 is 10.1 Å². The number of likely N-dealkylation sites (tertiary alicyclic amines) is 1. The Morgan fingerprint density at radius 2 is 1.80 bits per heavy atom. The van der Waals surface area contributed by atoms with Gasteiger partial charge < -0.3 is 24.8 Å². The molecule has 2 fully saturated rings. The first kappa shape index (κ1) is 29.3. The summed E-state index contributed by atoms with van der Waals surface area (Å²) in [6.45, 7) is 7.95. The molecular formula is C34H44N2O5. The van der Waals surface area contributed by atoms with Gasteiger partial charge in [-0.15, -0.1) is 0 Å². The molecule has 2 N–H and O–H groups in total. The second-order valence-electron chi connectivity index (χ2n) is 12.8. The predicted molar refractivity (Wildman–Crippen MR) is 159 cm³/mol. The van der Waals surface area contributed by atoms with Gasteiger partial charge in [0.15, 0.2) is 0 Å². The zero-order chi connectivity index (χ0) is 29.1. The van der Waals surface area contributed by atoms with Crippen molar-refractivity contribution in [1.29, 1.82) is 0 Å². The van der Waals surface area contributed by atoms with Crippen molar-refractivity contribution in [2.24, 2.45) is 17.3 Å². The van der Waals surface area contributed by atoms with Gasteiger partial charge in [-0.3, -0.25) is 4.79 Å². The molecule has 0 radical (unpaired) electrons. The van der Waals surface area contributed by atoms with Gasteiger partial charge in [0.25, 0.3) is 0 Å². The minimum Gasteiger partial charge on any atom is -0.496 e. The van der Waals surface area contributed by atoms with Crippen molar-refractivity contribution in [1.82, 2.24) is 10.2 Å². The van der Waals surface area contributed by atoms with E-state index < -0.39 is 18.1 Å². The fourth-order valence-electron chi connectivity index (χ4n) is 7.22. The second-order valence-corrected chi connectivity index (χ2v) is 12.8. The average molecular weight is 561 g/mol. The Morgan fingerprint density at radius 1 is 1.07 bits per heavy atom. The van der Waals surface area contributed by atoms with Crippen LogP contribution >= 0.6 is 0 Å². The molecule has 41 heavy (non-hydrogen) atoms. The smallest absolute Gasteiger partial charge is 0.326 e. The van der Waals surface area contributed by atoms with E-state index in [1.165, 1.54) is 0 Å². The second kappa shape index (κ2) is 12.4. The van der Waals surface area contributed by atoms with Crippen LogP contribution in [-0.4, -0.2) is 54.3 Å². The van der Waals surface area contributed by atoms with E-state index >= 15 is 0 Å². The van der Waals surface area contributed by atoms with E-state index in [-0.39, 0.29) is 29.2 Å². The molecule has 5 rings (SSSR count). The maximum absolute atomic E-state index is 14.3. The van der Waals surface area contributed by atoms with Crippen LogP contribution in [0, 0.1) is 17.3 Å². The van der Waals surface area contributed by atoms with Gasteiger partial charge in [-0.25, -0.2) is 4.79 Å². The van der Waals surface area contributed by atoms with Crippen molar-refractivity contribution < 1.29 is 24.2 Å². The van der Waals surface area contributed by atoms with Crippen molar-refractivity contribution >= 4 is 17.4 Å². The van der Waals surface area contributed by atoms with Gasteiger partial charge in [0.05, 0.1) is 26.4 Å². The van der Waals surface area contributed by atoms with E-state index in [1.807, 2.05) is 42.5 Å². The van der Waals surface area contributed by atoms with Crippen molar-refractivity contribution in [2.75, 3.05) is 20.3 Å². The molecule has 7 nitrogen and oxygen atoms in total. The highest BCUT2D eigenvalue weighted by Gasteiger charge is 2.58. The number of nitrogens with zero attached hydrogens (tertiary/aromatic N) is 1. The highest BCUT2D eigenvalue weighted by Crippen LogP contribution is 2.49. The lowest BCUT2D eigenvalue weighted by atomic mass is 9.72. The van der Waals surface area contributed by atoms with Crippen LogP contribution in [0.25, 0.3) is 5.57 Å². The molecule has 1 aliphatic carbocycles. The molecule has 0 bridgehead atoms. The number of nitrogens with one attached hydrogen (secondary N) is 1. The Labute approximate surface area is 243 Å². The number of carbonyl (C=O) groups is 2. The van der Waals surface area contributed by atoms with E-state index in [0.717, 1.165) is 60.1 Å². The first-order chi connectivity index (χ1) is 19.7. The summed E-state index contributed by atoms with van der Waals surface area (Å²) in [6, 6.07) is 14.5. The SMILES string of the molecule is COc1ccc(C2=CCOC2)cc1CN[C@H]1[C@H](C(C)(C)C)[C@@H](C(=O)O)N(C(=O)C2CCCCC2)[C@H]1c1ccccc1. The summed E-state index contributed by atoms with van der Waals surface area (Å²) in [6.07, 6.45) is 6.91. The van der Waals surface area contributed by atoms with Gasteiger partial charge in [0.1, 0.15) is 11.8 Å². The molecule has 1 amide bonds. The number of hydrogen-bond acceptors (Lipinski definition) is 5. The third-order valence-corrected chi connectivity index (χ3v) is 9.15. The monoisotopic (exact) mass is 560 g/mol. The number of aliphatic carboxylic acids is 1. The van der Waals surface area contributed by atoms with E-state index in [0.29, 0.717) is 19.8 Å². The van der Waals surface area contributed by atoms with Crippen LogP contribution in [0.1, 0.15) is 75.6 Å². The van der Waals surface area contributed by atoms with Gasteiger partial charge in [0, 0.05) is 30.0 Å². The molecular weight excluding hydrogens is 516 g/mol. The van der Waals surface area contributed by atoms with E-state index in [4.69, 9.17) is 9.47 Å². The van der Waals surface area contributed by atoms with E-state index in [1.54, 1.807) is 12.0 Å². The lowest BCUT2D eigenvalue weighted by Crippen LogP contribution is -2.49. The van der Waals surface area contributed by atoms with Crippen LogP contribution in [0.3, 0.4) is 0 Å². The molecule has 7 heteroatoms. The van der Waals surface area contributed by atoms with Gasteiger partial charge >= 0.3 is 5.97 Å². The van der Waals surface area contributed by atoms with Crippen LogP contribution in [0.15, 0.2) is 54.6 Å². The molecule has 0 spiro atoms. The normalized spacial score (nSPS) is 25.3. The largest absolute Gasteiger partial charge is 0.496 e. The number of amides is 1. The lowest BCUT2D eigenvalue weighted by Gasteiger charge is -2.36. The van der Waals surface area contributed by atoms with Gasteiger partial charge in [-0.05, 0) is 47.1 Å². The molecule has 0 aromatic heterocycles. The molecule has 1 saturated carbocycles. The highest BCUT2D eigenvalue weighted by atomic mass is 16.5. The van der Waals surface area contributed by atoms with Crippen molar-refractivity contribution in [3.05, 3.63) is 71.3 Å². The number of carbonyl (C=O) groups excluding carboxylic acids is 1. The van der Waals surface area contributed by atoms with Crippen LogP contribution in [-0.2, 0) is 20.9 Å². The summed E-state index contributed by atoms with van der Waals surface area (Å²) >= 11 is 0. The number of benzene rings is 2. The molecule has 220 valence electrons. The van der Waals surface area contributed by atoms with Crippen LogP contribution in [0.2, 0.25) is 0 Å².